The molecule has 4 rings (SSSR count). The highest BCUT2D eigenvalue weighted by atomic mass is 16.6. The molecule has 5 heteroatoms. The smallest absolute Gasteiger partial charge is 0.407 e. The van der Waals surface area contributed by atoms with Crippen LogP contribution in [-0.2, 0) is 14.2 Å². The lowest BCUT2D eigenvalue weighted by Gasteiger charge is -2.19. The van der Waals surface area contributed by atoms with Gasteiger partial charge in [0.25, 0.3) is 0 Å². The maximum absolute atomic E-state index is 11.7. The van der Waals surface area contributed by atoms with Crippen LogP contribution in [0.25, 0.3) is 0 Å². The quantitative estimate of drug-likeness (QED) is 0.791. The Labute approximate surface area is 125 Å². The molecular weight excluding hydrogens is 270 g/mol. The van der Waals surface area contributed by atoms with Crippen molar-refractivity contribution in [2.75, 3.05) is 13.2 Å². The third-order valence-corrected chi connectivity index (χ3v) is 5.63. The number of hydrogen-bond donors (Lipinski definition) is 1. The van der Waals surface area contributed by atoms with Gasteiger partial charge in [-0.15, -0.1) is 0 Å². The fourth-order valence-electron chi connectivity index (χ4n) is 4.16. The third-order valence-electron chi connectivity index (χ3n) is 5.63. The van der Waals surface area contributed by atoms with Gasteiger partial charge in [0, 0.05) is 13.0 Å². The molecule has 0 aromatic carbocycles. The monoisotopic (exact) mass is 295 g/mol. The molecule has 5 unspecified atom stereocenters. The van der Waals surface area contributed by atoms with Gasteiger partial charge in [0.05, 0.1) is 30.5 Å². The molecule has 0 spiro atoms. The second kappa shape index (κ2) is 5.43. The second-order valence-electron chi connectivity index (χ2n) is 7.08. The van der Waals surface area contributed by atoms with Crippen LogP contribution in [-0.4, -0.2) is 43.2 Å². The number of fused-ring (bicyclic) bond motifs is 2. The predicted octanol–water partition coefficient (Wildman–Crippen LogP) is 2.38. The number of carbonyl (C=O) groups excluding carboxylic acids is 1. The molecule has 0 bridgehead atoms. The van der Waals surface area contributed by atoms with Crippen molar-refractivity contribution in [1.82, 2.24) is 5.32 Å². The van der Waals surface area contributed by atoms with Crippen LogP contribution in [0.5, 0.6) is 0 Å². The molecule has 0 aromatic heterocycles. The Morgan fingerprint density at radius 3 is 3.05 bits per heavy atom. The normalized spacial score (nSPS) is 43.4. The highest BCUT2D eigenvalue weighted by Crippen LogP contribution is 2.49. The lowest BCUT2D eigenvalue weighted by atomic mass is 9.87. The Bertz CT molecular complexity index is 415. The van der Waals surface area contributed by atoms with E-state index in [-0.39, 0.29) is 11.7 Å². The van der Waals surface area contributed by atoms with Gasteiger partial charge in [-0.2, -0.15) is 0 Å². The van der Waals surface area contributed by atoms with Crippen LogP contribution in [0.3, 0.4) is 0 Å². The molecule has 118 valence electrons. The summed E-state index contributed by atoms with van der Waals surface area (Å²) < 4.78 is 16.6. The average molecular weight is 295 g/mol. The van der Waals surface area contributed by atoms with E-state index in [0.29, 0.717) is 30.8 Å². The van der Waals surface area contributed by atoms with Gasteiger partial charge in [-0.3, -0.25) is 0 Å². The van der Waals surface area contributed by atoms with Crippen LogP contribution in [0.15, 0.2) is 0 Å². The van der Waals surface area contributed by atoms with Crippen molar-refractivity contribution in [3.63, 3.8) is 0 Å². The van der Waals surface area contributed by atoms with E-state index in [1.807, 2.05) is 0 Å². The molecule has 2 aliphatic heterocycles. The van der Waals surface area contributed by atoms with Crippen molar-refractivity contribution in [2.45, 2.75) is 75.3 Å². The van der Waals surface area contributed by atoms with Crippen molar-refractivity contribution >= 4 is 6.09 Å². The highest BCUT2D eigenvalue weighted by molar-refractivity contribution is 5.67. The molecule has 1 N–H and O–H groups in total. The molecule has 4 fully saturated rings. The molecular formula is C16H25NO4. The topological polar surface area (TPSA) is 63.4 Å². The summed E-state index contributed by atoms with van der Waals surface area (Å²) >= 11 is 0. The van der Waals surface area contributed by atoms with Gasteiger partial charge in [0.1, 0.15) is 0 Å². The predicted molar refractivity (Wildman–Crippen MR) is 76.0 cm³/mol. The number of rotatable bonds is 5. The molecule has 2 saturated carbocycles. The van der Waals surface area contributed by atoms with Crippen LogP contribution in [0.1, 0.15) is 51.4 Å². The maximum atomic E-state index is 11.7. The van der Waals surface area contributed by atoms with Gasteiger partial charge >= 0.3 is 6.09 Å². The first kappa shape index (κ1) is 13.8. The number of nitrogens with one attached hydrogen (secondary N) is 1. The Hall–Kier alpha value is -0.810. The number of ether oxygens (including phenoxy) is 3. The zero-order valence-electron chi connectivity index (χ0n) is 12.5. The zero-order valence-corrected chi connectivity index (χ0v) is 12.5. The van der Waals surface area contributed by atoms with Crippen molar-refractivity contribution in [1.29, 1.82) is 0 Å². The van der Waals surface area contributed by atoms with E-state index in [0.717, 1.165) is 38.6 Å². The summed E-state index contributed by atoms with van der Waals surface area (Å²) in [6, 6.07) is 0. The van der Waals surface area contributed by atoms with E-state index < -0.39 is 0 Å². The number of amides is 1. The summed E-state index contributed by atoms with van der Waals surface area (Å²) in [6.07, 6.45) is 10.2. The first-order valence-electron chi connectivity index (χ1n) is 8.49. The molecule has 2 aliphatic carbocycles. The molecule has 5 atom stereocenters. The number of hydrogen-bond acceptors (Lipinski definition) is 4. The first-order valence-corrected chi connectivity index (χ1v) is 8.49. The lowest BCUT2D eigenvalue weighted by Crippen LogP contribution is -2.33. The van der Waals surface area contributed by atoms with Crippen molar-refractivity contribution < 1.29 is 19.0 Å². The molecule has 21 heavy (non-hydrogen) atoms. The van der Waals surface area contributed by atoms with Crippen molar-refractivity contribution in [3.05, 3.63) is 0 Å². The standard InChI is InChI=1S/C16H25NO4/c18-15(17-10-11-4-5-12-13(9-11)20-12)19-8-7-16-6-2-1-3-14(16)21-16/h11-14H,1-10H2,(H,17,18). The van der Waals surface area contributed by atoms with E-state index >= 15 is 0 Å². The third kappa shape index (κ3) is 3.04. The molecule has 4 aliphatic rings. The minimum Gasteiger partial charge on any atom is -0.449 e. The van der Waals surface area contributed by atoms with Gasteiger partial charge in [-0.05, 0) is 38.0 Å². The fourth-order valence-corrected chi connectivity index (χ4v) is 4.16. The van der Waals surface area contributed by atoms with E-state index in [9.17, 15) is 4.79 Å². The highest BCUT2D eigenvalue weighted by Gasteiger charge is 2.56. The minimum atomic E-state index is -0.279. The minimum absolute atomic E-state index is 0.0558. The van der Waals surface area contributed by atoms with E-state index in [2.05, 4.69) is 5.32 Å². The Balaban J connectivity index is 1.11. The molecule has 2 heterocycles. The van der Waals surface area contributed by atoms with E-state index in [4.69, 9.17) is 14.2 Å². The van der Waals surface area contributed by atoms with Crippen molar-refractivity contribution in [2.24, 2.45) is 5.92 Å². The Morgan fingerprint density at radius 1 is 1.24 bits per heavy atom. The van der Waals surface area contributed by atoms with Gasteiger partial charge in [-0.1, -0.05) is 12.8 Å². The van der Waals surface area contributed by atoms with Gasteiger partial charge in [0.2, 0.25) is 0 Å². The van der Waals surface area contributed by atoms with Crippen LogP contribution in [0.4, 0.5) is 4.79 Å². The number of carbonyl (C=O) groups is 1. The van der Waals surface area contributed by atoms with E-state index in [1.54, 1.807) is 0 Å². The summed E-state index contributed by atoms with van der Waals surface area (Å²) in [7, 11) is 0. The van der Waals surface area contributed by atoms with Crippen molar-refractivity contribution in [3.8, 4) is 0 Å². The first-order chi connectivity index (χ1) is 10.3. The van der Waals surface area contributed by atoms with Gasteiger partial charge in [0.15, 0.2) is 0 Å². The Morgan fingerprint density at radius 2 is 2.19 bits per heavy atom. The molecule has 1 amide bonds. The number of alkyl carbamates (subject to hydrolysis) is 1. The largest absolute Gasteiger partial charge is 0.449 e. The SMILES string of the molecule is O=C(NCC1CCC2OC2C1)OCCC12CCCCC1O2. The lowest BCUT2D eigenvalue weighted by molar-refractivity contribution is 0.128. The molecule has 5 nitrogen and oxygen atoms in total. The summed E-state index contributed by atoms with van der Waals surface area (Å²) in [5.74, 6) is 0.550. The van der Waals surface area contributed by atoms with Crippen LogP contribution < -0.4 is 5.32 Å². The van der Waals surface area contributed by atoms with Gasteiger partial charge in [-0.25, -0.2) is 4.79 Å². The maximum Gasteiger partial charge on any atom is 0.407 e. The van der Waals surface area contributed by atoms with Gasteiger partial charge < -0.3 is 19.5 Å². The second-order valence-corrected chi connectivity index (χ2v) is 7.08. The Kier molecular flexibility index (Phi) is 3.58. The summed E-state index contributed by atoms with van der Waals surface area (Å²) in [5, 5.41) is 2.90. The summed E-state index contributed by atoms with van der Waals surface area (Å²) in [6.45, 7) is 1.19. The summed E-state index contributed by atoms with van der Waals surface area (Å²) in [5.41, 5.74) is 0.0558. The zero-order chi connectivity index (χ0) is 14.3. The van der Waals surface area contributed by atoms with Crippen LogP contribution in [0.2, 0.25) is 0 Å². The molecule has 2 saturated heterocycles. The molecule has 0 radical (unpaired) electrons. The van der Waals surface area contributed by atoms with Crippen LogP contribution >= 0.6 is 0 Å². The van der Waals surface area contributed by atoms with E-state index in [1.165, 1.54) is 19.3 Å². The molecule has 0 aromatic rings. The van der Waals surface area contributed by atoms with Crippen LogP contribution in [0, 0.1) is 5.92 Å². The average Bonchev–Trinajstić information content (AvgIpc) is 3.38. The fraction of sp³-hybridized carbons (Fsp3) is 0.938. The summed E-state index contributed by atoms with van der Waals surface area (Å²) in [4.78, 5) is 11.7. The number of epoxide rings is 2.